The van der Waals surface area contributed by atoms with E-state index < -0.39 is 16.0 Å². The molecule has 132 valence electrons. The molecular formula is C18H19NO5S. The van der Waals surface area contributed by atoms with E-state index in [2.05, 4.69) is 4.72 Å². The normalized spacial score (nSPS) is 11.2. The minimum Gasteiger partial charge on any atom is -0.481 e. The van der Waals surface area contributed by atoms with E-state index >= 15 is 0 Å². The van der Waals surface area contributed by atoms with Gasteiger partial charge in [0.25, 0.3) is 0 Å². The Kier molecular flexibility index (Phi) is 6.06. The van der Waals surface area contributed by atoms with Crippen LogP contribution in [0.3, 0.4) is 0 Å². The fourth-order valence-corrected chi connectivity index (χ4v) is 3.31. The van der Waals surface area contributed by atoms with E-state index in [1.54, 1.807) is 24.3 Å². The maximum absolute atomic E-state index is 12.2. The summed E-state index contributed by atoms with van der Waals surface area (Å²) in [7, 11) is -3.64. The maximum atomic E-state index is 12.2. The minimum absolute atomic E-state index is 0.0385. The number of carboxylic acids is 1. The van der Waals surface area contributed by atoms with E-state index in [9.17, 15) is 18.0 Å². The molecule has 0 aliphatic carbocycles. The number of aliphatic carboxylic acids is 1. The van der Waals surface area contributed by atoms with Crippen molar-refractivity contribution in [2.24, 2.45) is 0 Å². The highest BCUT2D eigenvalue weighted by molar-refractivity contribution is 7.89. The Morgan fingerprint density at radius 3 is 2.04 bits per heavy atom. The summed E-state index contributed by atoms with van der Waals surface area (Å²) in [6.07, 6.45) is 0.446. The molecule has 2 aromatic rings. The quantitative estimate of drug-likeness (QED) is 0.701. The van der Waals surface area contributed by atoms with Crippen LogP contribution in [-0.2, 0) is 27.7 Å². The summed E-state index contributed by atoms with van der Waals surface area (Å²) in [5, 5.41) is 8.73. The minimum atomic E-state index is -3.64. The summed E-state index contributed by atoms with van der Waals surface area (Å²) >= 11 is 0. The number of benzene rings is 2. The molecule has 2 N–H and O–H groups in total. The van der Waals surface area contributed by atoms with E-state index in [0.717, 1.165) is 5.56 Å². The topological polar surface area (TPSA) is 101 Å². The number of sulfonamides is 1. The summed E-state index contributed by atoms with van der Waals surface area (Å²) in [5.74, 6) is -1.01. The lowest BCUT2D eigenvalue weighted by molar-refractivity contribution is -0.136. The van der Waals surface area contributed by atoms with E-state index in [1.807, 2.05) is 0 Å². The van der Waals surface area contributed by atoms with Crippen molar-refractivity contribution in [2.75, 3.05) is 6.54 Å². The molecule has 0 saturated carbocycles. The van der Waals surface area contributed by atoms with Gasteiger partial charge < -0.3 is 5.11 Å². The van der Waals surface area contributed by atoms with Crippen LogP contribution < -0.4 is 4.72 Å². The van der Waals surface area contributed by atoms with Crippen molar-refractivity contribution in [3.8, 4) is 0 Å². The zero-order chi connectivity index (χ0) is 18.4. The molecule has 25 heavy (non-hydrogen) atoms. The molecule has 0 saturated heterocycles. The molecule has 0 fully saturated rings. The number of hydrogen-bond acceptors (Lipinski definition) is 4. The SMILES string of the molecule is CC(=O)c1ccc(S(=O)(=O)NCCc2ccc(CC(=O)O)cc2)cc1. The largest absolute Gasteiger partial charge is 0.481 e. The first kappa shape index (κ1) is 18.8. The first-order chi connectivity index (χ1) is 11.8. The Bertz CT molecular complexity index is 855. The van der Waals surface area contributed by atoms with Crippen molar-refractivity contribution in [3.63, 3.8) is 0 Å². The van der Waals surface area contributed by atoms with Gasteiger partial charge in [-0.05, 0) is 36.6 Å². The average molecular weight is 361 g/mol. The zero-order valence-electron chi connectivity index (χ0n) is 13.7. The molecule has 0 aliphatic rings. The highest BCUT2D eigenvalue weighted by Crippen LogP contribution is 2.11. The Morgan fingerprint density at radius 2 is 1.52 bits per heavy atom. The standard InChI is InChI=1S/C18H19NO5S/c1-13(20)16-6-8-17(9-7-16)25(23,24)19-11-10-14-2-4-15(5-3-14)12-18(21)22/h2-9,19H,10-12H2,1H3,(H,21,22). The van der Waals surface area contributed by atoms with Crippen LogP contribution in [0.4, 0.5) is 0 Å². The van der Waals surface area contributed by atoms with Crippen molar-refractivity contribution < 1.29 is 23.1 Å². The van der Waals surface area contributed by atoms with Crippen LogP contribution in [-0.4, -0.2) is 31.8 Å². The molecular weight excluding hydrogens is 342 g/mol. The first-order valence-corrected chi connectivity index (χ1v) is 9.16. The molecule has 2 rings (SSSR count). The predicted octanol–water partition coefficient (Wildman–Crippen LogP) is 2.04. The van der Waals surface area contributed by atoms with Gasteiger partial charge in [0.15, 0.2) is 5.78 Å². The Labute approximate surface area is 146 Å². The van der Waals surface area contributed by atoms with Crippen LogP contribution in [0.25, 0.3) is 0 Å². The smallest absolute Gasteiger partial charge is 0.307 e. The third-order valence-electron chi connectivity index (χ3n) is 3.66. The van der Waals surface area contributed by atoms with Crippen molar-refractivity contribution in [3.05, 3.63) is 65.2 Å². The molecule has 2 aromatic carbocycles. The molecule has 0 heterocycles. The number of carboxylic acid groups (broad SMARTS) is 1. The number of Topliss-reactive ketones (excluding diaryl/α,β-unsaturated/α-hetero) is 1. The fourth-order valence-electron chi connectivity index (χ4n) is 2.28. The first-order valence-electron chi connectivity index (χ1n) is 7.68. The van der Waals surface area contributed by atoms with Gasteiger partial charge in [0.05, 0.1) is 11.3 Å². The maximum Gasteiger partial charge on any atom is 0.307 e. The number of rotatable bonds is 8. The zero-order valence-corrected chi connectivity index (χ0v) is 14.5. The molecule has 7 heteroatoms. The van der Waals surface area contributed by atoms with Gasteiger partial charge in [0.2, 0.25) is 10.0 Å². The van der Waals surface area contributed by atoms with Gasteiger partial charge in [-0.25, -0.2) is 13.1 Å². The molecule has 0 atom stereocenters. The van der Waals surface area contributed by atoms with Crippen LogP contribution in [0.1, 0.15) is 28.4 Å². The highest BCUT2D eigenvalue weighted by atomic mass is 32.2. The summed E-state index contributed by atoms with van der Waals surface area (Å²) in [6.45, 7) is 1.64. The Hall–Kier alpha value is -2.51. The van der Waals surface area contributed by atoms with Gasteiger partial charge in [0.1, 0.15) is 0 Å². The molecule has 0 aromatic heterocycles. The van der Waals surface area contributed by atoms with Gasteiger partial charge in [0, 0.05) is 12.1 Å². The van der Waals surface area contributed by atoms with E-state index in [-0.39, 0.29) is 23.6 Å². The second kappa shape index (κ2) is 8.04. The number of ketones is 1. The van der Waals surface area contributed by atoms with Gasteiger partial charge >= 0.3 is 5.97 Å². The Balaban J connectivity index is 1.93. The summed E-state index contributed by atoms with van der Waals surface area (Å²) in [6, 6.07) is 12.8. The van der Waals surface area contributed by atoms with E-state index in [0.29, 0.717) is 17.5 Å². The lowest BCUT2D eigenvalue weighted by Gasteiger charge is -2.08. The lowest BCUT2D eigenvalue weighted by Crippen LogP contribution is -2.26. The van der Waals surface area contributed by atoms with Crippen molar-refractivity contribution >= 4 is 21.8 Å². The molecule has 0 radical (unpaired) electrons. The monoisotopic (exact) mass is 361 g/mol. The molecule has 0 amide bonds. The summed E-state index contributed by atoms with van der Waals surface area (Å²) in [5.41, 5.74) is 2.06. The van der Waals surface area contributed by atoms with Crippen LogP contribution >= 0.6 is 0 Å². The van der Waals surface area contributed by atoms with E-state index in [4.69, 9.17) is 5.11 Å². The van der Waals surface area contributed by atoms with Gasteiger partial charge in [-0.2, -0.15) is 0 Å². The third-order valence-corrected chi connectivity index (χ3v) is 5.13. The van der Waals surface area contributed by atoms with Crippen molar-refractivity contribution in [2.45, 2.75) is 24.7 Å². The summed E-state index contributed by atoms with van der Waals surface area (Å²) in [4.78, 5) is 22.0. The number of carbonyl (C=O) groups excluding carboxylic acids is 1. The summed E-state index contributed by atoms with van der Waals surface area (Å²) < 4.78 is 26.9. The molecule has 0 spiro atoms. The Morgan fingerprint density at radius 1 is 0.960 bits per heavy atom. The molecule has 0 unspecified atom stereocenters. The van der Waals surface area contributed by atoms with Crippen LogP contribution in [0.5, 0.6) is 0 Å². The average Bonchev–Trinajstić information content (AvgIpc) is 2.56. The fraction of sp³-hybridized carbons (Fsp3) is 0.222. The second-order valence-electron chi connectivity index (χ2n) is 5.62. The van der Waals surface area contributed by atoms with Crippen LogP contribution in [0.2, 0.25) is 0 Å². The van der Waals surface area contributed by atoms with Gasteiger partial charge in [-0.15, -0.1) is 0 Å². The second-order valence-corrected chi connectivity index (χ2v) is 7.38. The van der Waals surface area contributed by atoms with Gasteiger partial charge in [-0.3, -0.25) is 9.59 Å². The lowest BCUT2D eigenvalue weighted by atomic mass is 10.1. The highest BCUT2D eigenvalue weighted by Gasteiger charge is 2.13. The third kappa shape index (κ3) is 5.51. The van der Waals surface area contributed by atoms with Crippen molar-refractivity contribution in [1.82, 2.24) is 4.72 Å². The van der Waals surface area contributed by atoms with Crippen LogP contribution in [0, 0.1) is 0 Å². The van der Waals surface area contributed by atoms with Crippen molar-refractivity contribution in [1.29, 1.82) is 0 Å². The molecule has 6 nitrogen and oxygen atoms in total. The predicted molar refractivity (Wildman–Crippen MR) is 93.1 cm³/mol. The molecule has 0 aliphatic heterocycles. The molecule has 0 bridgehead atoms. The van der Waals surface area contributed by atoms with Crippen LogP contribution in [0.15, 0.2) is 53.4 Å². The number of hydrogen-bond donors (Lipinski definition) is 2. The van der Waals surface area contributed by atoms with Gasteiger partial charge in [-0.1, -0.05) is 36.4 Å². The number of carbonyl (C=O) groups is 2. The number of nitrogens with one attached hydrogen (secondary N) is 1. The van der Waals surface area contributed by atoms with E-state index in [1.165, 1.54) is 31.2 Å².